The highest BCUT2D eigenvalue weighted by Gasteiger charge is 2.05. The van der Waals surface area contributed by atoms with Crippen LogP contribution in [0.1, 0.15) is 37.4 Å². The molecule has 0 spiro atoms. The van der Waals surface area contributed by atoms with Crippen LogP contribution in [-0.2, 0) is 17.8 Å². The molecule has 0 atom stereocenters. The smallest absolute Gasteiger partial charge is 0.303 e. The van der Waals surface area contributed by atoms with Crippen molar-refractivity contribution in [2.24, 2.45) is 0 Å². The summed E-state index contributed by atoms with van der Waals surface area (Å²) in [4.78, 5) is 10.6. The lowest BCUT2D eigenvalue weighted by molar-refractivity contribution is -0.136. The van der Waals surface area contributed by atoms with E-state index in [1.807, 2.05) is 24.3 Å². The van der Waals surface area contributed by atoms with E-state index in [-0.39, 0.29) is 6.42 Å². The van der Waals surface area contributed by atoms with E-state index in [1.165, 1.54) is 16.5 Å². The summed E-state index contributed by atoms with van der Waals surface area (Å²) >= 11 is 0. The number of aromatic nitrogens is 1. The maximum atomic E-state index is 10.6. The van der Waals surface area contributed by atoms with Gasteiger partial charge in [-0.2, -0.15) is 0 Å². The molecule has 2 N–H and O–H groups in total. The summed E-state index contributed by atoms with van der Waals surface area (Å²) < 4.78 is 2.29. The Labute approximate surface area is 148 Å². The van der Waals surface area contributed by atoms with Crippen LogP contribution >= 0.6 is 0 Å². The van der Waals surface area contributed by atoms with Crippen LogP contribution in [0.25, 0.3) is 10.9 Å². The van der Waals surface area contributed by atoms with Crippen LogP contribution in [0.5, 0.6) is 0 Å². The average Bonchev–Trinajstić information content (AvgIpc) is 3.02. The number of carboxylic acid groups (broad SMARTS) is 1. The third-order valence-electron chi connectivity index (χ3n) is 4.42. The normalized spacial score (nSPS) is 11.2. The zero-order valence-electron chi connectivity index (χ0n) is 14.7. The van der Waals surface area contributed by atoms with E-state index in [2.05, 4.69) is 54.2 Å². The lowest BCUT2D eigenvalue weighted by Crippen LogP contribution is -2.02. The molecular weight excluding hydrogens is 312 g/mol. The number of aliphatic carboxylic acids is 1. The van der Waals surface area contributed by atoms with Crippen LogP contribution < -0.4 is 5.32 Å². The fourth-order valence-electron chi connectivity index (χ4n) is 3.00. The molecule has 25 heavy (non-hydrogen) atoms. The Hall–Kier alpha value is -2.75. The summed E-state index contributed by atoms with van der Waals surface area (Å²) in [5, 5.41) is 13.4. The topological polar surface area (TPSA) is 54.3 Å². The van der Waals surface area contributed by atoms with Gasteiger partial charge in [0, 0.05) is 36.4 Å². The minimum absolute atomic E-state index is 0.169. The number of carbonyl (C=O) groups is 1. The molecule has 0 fully saturated rings. The van der Waals surface area contributed by atoms with Gasteiger partial charge in [0.15, 0.2) is 0 Å². The number of benzene rings is 2. The fraction of sp³-hybridized carbons (Fsp3) is 0.286. The Morgan fingerprint density at radius 3 is 2.48 bits per heavy atom. The molecule has 0 aliphatic heterocycles. The highest BCUT2D eigenvalue weighted by atomic mass is 16.4. The van der Waals surface area contributed by atoms with E-state index in [9.17, 15) is 4.79 Å². The van der Waals surface area contributed by atoms with Gasteiger partial charge in [0.25, 0.3) is 0 Å². The van der Waals surface area contributed by atoms with Crippen molar-refractivity contribution in [3.63, 3.8) is 0 Å². The molecule has 4 heteroatoms. The van der Waals surface area contributed by atoms with E-state index in [1.54, 1.807) is 0 Å². The first-order valence-corrected chi connectivity index (χ1v) is 8.67. The molecule has 0 saturated heterocycles. The minimum atomic E-state index is -0.760. The number of nitrogens with zero attached hydrogens (tertiary/aromatic N) is 1. The van der Waals surface area contributed by atoms with Gasteiger partial charge in [0.1, 0.15) is 0 Å². The minimum Gasteiger partial charge on any atom is -0.481 e. The number of rotatable bonds is 7. The van der Waals surface area contributed by atoms with Gasteiger partial charge < -0.3 is 15.0 Å². The van der Waals surface area contributed by atoms with Gasteiger partial charge >= 0.3 is 5.97 Å². The van der Waals surface area contributed by atoms with Crippen molar-refractivity contribution in [1.29, 1.82) is 0 Å². The summed E-state index contributed by atoms with van der Waals surface area (Å²) in [7, 11) is 0. The molecule has 1 aromatic heterocycles. The Bertz CT molecular complexity index is 863. The first-order valence-electron chi connectivity index (χ1n) is 8.67. The summed E-state index contributed by atoms with van der Waals surface area (Å²) in [5.41, 5.74) is 4.59. The summed E-state index contributed by atoms with van der Waals surface area (Å²) in [6.45, 7) is 5.14. The molecule has 0 saturated carbocycles. The molecule has 0 aliphatic rings. The zero-order chi connectivity index (χ0) is 17.8. The third-order valence-corrected chi connectivity index (χ3v) is 4.42. The molecule has 0 bridgehead atoms. The third kappa shape index (κ3) is 4.21. The van der Waals surface area contributed by atoms with E-state index in [0.717, 1.165) is 17.8 Å². The van der Waals surface area contributed by atoms with Crippen molar-refractivity contribution in [2.75, 3.05) is 5.32 Å². The maximum absolute atomic E-state index is 10.6. The van der Waals surface area contributed by atoms with Crippen LogP contribution in [0.4, 0.5) is 5.69 Å². The van der Waals surface area contributed by atoms with Crippen LogP contribution in [0, 0.1) is 0 Å². The molecule has 130 valence electrons. The molecule has 2 aromatic carbocycles. The molecule has 0 amide bonds. The molecule has 3 rings (SSSR count). The van der Waals surface area contributed by atoms with E-state index in [0.29, 0.717) is 12.5 Å². The predicted octanol–water partition coefficient (Wildman–Crippen LogP) is 4.85. The predicted molar refractivity (Wildman–Crippen MR) is 102 cm³/mol. The Morgan fingerprint density at radius 1 is 1.08 bits per heavy atom. The molecule has 0 radical (unpaired) electrons. The van der Waals surface area contributed by atoms with Crippen molar-refractivity contribution in [3.05, 3.63) is 65.9 Å². The number of hydrogen-bond acceptors (Lipinski definition) is 2. The fourth-order valence-corrected chi connectivity index (χ4v) is 3.00. The monoisotopic (exact) mass is 336 g/mol. The lowest BCUT2D eigenvalue weighted by atomic mass is 10.1. The molecule has 4 nitrogen and oxygen atoms in total. The second kappa shape index (κ2) is 7.43. The van der Waals surface area contributed by atoms with Gasteiger partial charge in [0.2, 0.25) is 0 Å². The number of anilines is 1. The van der Waals surface area contributed by atoms with Crippen LogP contribution in [0.3, 0.4) is 0 Å². The van der Waals surface area contributed by atoms with Crippen LogP contribution in [0.2, 0.25) is 0 Å². The van der Waals surface area contributed by atoms with E-state index >= 15 is 0 Å². The molecular formula is C21H24N2O2. The second-order valence-corrected chi connectivity index (χ2v) is 6.65. The van der Waals surface area contributed by atoms with Gasteiger partial charge in [-0.15, -0.1) is 0 Å². The highest BCUT2D eigenvalue weighted by Crippen LogP contribution is 2.22. The van der Waals surface area contributed by atoms with Gasteiger partial charge in [-0.25, -0.2) is 0 Å². The maximum Gasteiger partial charge on any atom is 0.303 e. The van der Waals surface area contributed by atoms with Gasteiger partial charge in [-0.3, -0.25) is 4.79 Å². The Morgan fingerprint density at radius 2 is 1.80 bits per heavy atom. The van der Waals surface area contributed by atoms with Crippen molar-refractivity contribution < 1.29 is 9.90 Å². The van der Waals surface area contributed by atoms with Crippen molar-refractivity contribution in [3.8, 4) is 0 Å². The quantitative estimate of drug-likeness (QED) is 0.648. The lowest BCUT2D eigenvalue weighted by Gasteiger charge is -2.11. The summed E-state index contributed by atoms with van der Waals surface area (Å²) in [5.74, 6) is -0.760. The first-order chi connectivity index (χ1) is 12.0. The van der Waals surface area contributed by atoms with E-state index in [4.69, 9.17) is 5.11 Å². The van der Waals surface area contributed by atoms with Gasteiger partial charge in [-0.1, -0.05) is 24.3 Å². The standard InChI is InChI=1S/C21H24N2O2/c1-15(2)23-12-11-18-7-3-17(13-20(18)23)14-22-19-8-4-16(5-9-19)6-10-21(24)25/h3-5,7-9,11-13,15,22H,6,10,14H2,1-2H3,(H,24,25). The Balaban J connectivity index is 1.66. The number of nitrogens with one attached hydrogen (secondary N) is 1. The number of hydrogen-bond donors (Lipinski definition) is 2. The molecule has 0 aliphatic carbocycles. The highest BCUT2D eigenvalue weighted by molar-refractivity contribution is 5.81. The van der Waals surface area contributed by atoms with Crippen molar-refractivity contribution in [1.82, 2.24) is 4.57 Å². The summed E-state index contributed by atoms with van der Waals surface area (Å²) in [6, 6.07) is 17.1. The van der Waals surface area contributed by atoms with Crippen LogP contribution in [-0.4, -0.2) is 15.6 Å². The first kappa shape index (κ1) is 17.1. The second-order valence-electron chi connectivity index (χ2n) is 6.65. The van der Waals surface area contributed by atoms with E-state index < -0.39 is 5.97 Å². The number of aryl methyl sites for hydroxylation is 1. The van der Waals surface area contributed by atoms with Crippen LogP contribution in [0.15, 0.2) is 54.7 Å². The van der Waals surface area contributed by atoms with Gasteiger partial charge in [-0.05, 0) is 61.0 Å². The number of fused-ring (bicyclic) bond motifs is 1. The SMILES string of the molecule is CC(C)n1ccc2ccc(CNc3ccc(CCC(=O)O)cc3)cc21. The summed E-state index contributed by atoms with van der Waals surface area (Å²) in [6.07, 6.45) is 2.88. The molecule has 1 heterocycles. The largest absolute Gasteiger partial charge is 0.481 e. The Kier molecular flexibility index (Phi) is 5.08. The van der Waals surface area contributed by atoms with Crippen molar-refractivity contribution in [2.45, 2.75) is 39.3 Å². The van der Waals surface area contributed by atoms with Gasteiger partial charge in [0.05, 0.1) is 0 Å². The zero-order valence-corrected chi connectivity index (χ0v) is 14.7. The molecule has 3 aromatic rings. The average molecular weight is 336 g/mol. The number of carboxylic acids is 1. The molecule has 0 unspecified atom stereocenters. The van der Waals surface area contributed by atoms with Crippen molar-refractivity contribution >= 4 is 22.6 Å².